The molecule has 2 aromatic carbocycles. The van der Waals surface area contributed by atoms with E-state index in [1.165, 1.54) is 24.9 Å². The Morgan fingerprint density at radius 1 is 1.21 bits per heavy atom. The molecular formula is C24H27N3O. The van der Waals surface area contributed by atoms with Crippen LogP contribution in [0.25, 0.3) is 28.5 Å². The molecule has 0 N–H and O–H groups in total. The molecule has 4 nitrogen and oxygen atoms in total. The first kappa shape index (κ1) is 18.6. The Labute approximate surface area is 166 Å². The zero-order valence-corrected chi connectivity index (χ0v) is 16.6. The number of allylic oxidation sites excluding steroid dienone is 1. The molecule has 1 fully saturated rings. The fourth-order valence-corrected chi connectivity index (χ4v) is 4.20. The summed E-state index contributed by atoms with van der Waals surface area (Å²) in [6.07, 6.45) is 5.99. The van der Waals surface area contributed by atoms with Gasteiger partial charge in [-0.25, -0.2) is 4.98 Å². The molecule has 4 heteroatoms. The Morgan fingerprint density at radius 3 is 2.89 bits per heavy atom. The highest BCUT2D eigenvalue weighted by Gasteiger charge is 2.25. The lowest BCUT2D eigenvalue weighted by molar-refractivity contribution is -0.112. The SMILES string of the molecule is CCN1CCCC1Cn1c(-c2cccc(/C=C/C(C)=O)c2)nc2ccccc21. The second-order valence-electron chi connectivity index (χ2n) is 7.53. The van der Waals surface area contributed by atoms with E-state index in [9.17, 15) is 4.79 Å². The van der Waals surface area contributed by atoms with Gasteiger partial charge in [0.1, 0.15) is 5.82 Å². The summed E-state index contributed by atoms with van der Waals surface area (Å²) in [4.78, 5) is 18.8. The van der Waals surface area contributed by atoms with Gasteiger partial charge in [-0.3, -0.25) is 9.69 Å². The Morgan fingerprint density at radius 2 is 2.07 bits per heavy atom. The number of benzene rings is 2. The molecule has 0 amide bonds. The van der Waals surface area contributed by atoms with Crippen molar-refractivity contribution in [2.24, 2.45) is 0 Å². The van der Waals surface area contributed by atoms with Gasteiger partial charge in [-0.2, -0.15) is 0 Å². The molecule has 0 radical (unpaired) electrons. The van der Waals surface area contributed by atoms with Crippen LogP contribution in [0.2, 0.25) is 0 Å². The summed E-state index contributed by atoms with van der Waals surface area (Å²) < 4.78 is 2.38. The summed E-state index contributed by atoms with van der Waals surface area (Å²) in [5.74, 6) is 1.06. The number of fused-ring (bicyclic) bond motifs is 1. The molecule has 2 heterocycles. The molecule has 0 saturated carbocycles. The number of carbonyl (C=O) groups excluding carboxylic acids is 1. The third kappa shape index (κ3) is 3.78. The monoisotopic (exact) mass is 373 g/mol. The zero-order valence-electron chi connectivity index (χ0n) is 16.6. The number of hydrogen-bond donors (Lipinski definition) is 0. The van der Waals surface area contributed by atoms with E-state index < -0.39 is 0 Å². The van der Waals surface area contributed by atoms with E-state index in [1.54, 1.807) is 13.0 Å². The molecule has 1 aromatic heterocycles. The number of rotatable bonds is 6. The fraction of sp³-hybridized carbons (Fsp3) is 0.333. The predicted octanol–water partition coefficient (Wildman–Crippen LogP) is 4.79. The number of carbonyl (C=O) groups is 1. The van der Waals surface area contributed by atoms with Gasteiger partial charge in [-0.1, -0.05) is 43.3 Å². The van der Waals surface area contributed by atoms with E-state index in [0.717, 1.165) is 35.6 Å². The van der Waals surface area contributed by atoms with Crippen LogP contribution in [0.15, 0.2) is 54.6 Å². The van der Waals surface area contributed by atoms with Gasteiger partial charge < -0.3 is 4.57 Å². The maximum absolute atomic E-state index is 11.3. The van der Waals surface area contributed by atoms with Crippen LogP contribution >= 0.6 is 0 Å². The molecule has 4 rings (SSSR count). The van der Waals surface area contributed by atoms with Crippen molar-refractivity contribution in [3.8, 4) is 11.4 Å². The number of nitrogens with zero attached hydrogens (tertiary/aromatic N) is 3. The molecule has 144 valence electrons. The molecule has 1 aliphatic rings. The number of likely N-dealkylation sites (tertiary alicyclic amines) is 1. The van der Waals surface area contributed by atoms with Crippen LogP contribution in [0, 0.1) is 0 Å². The van der Waals surface area contributed by atoms with E-state index in [1.807, 2.05) is 24.3 Å². The number of ketones is 1. The highest BCUT2D eigenvalue weighted by atomic mass is 16.1. The van der Waals surface area contributed by atoms with E-state index in [-0.39, 0.29) is 5.78 Å². The molecule has 28 heavy (non-hydrogen) atoms. The van der Waals surface area contributed by atoms with Crippen molar-refractivity contribution >= 4 is 22.9 Å². The lowest BCUT2D eigenvalue weighted by Crippen LogP contribution is -2.32. The number of imidazole rings is 1. The average Bonchev–Trinajstić information content (AvgIpc) is 3.31. The molecule has 1 unspecified atom stereocenters. The minimum absolute atomic E-state index is 0.0542. The van der Waals surface area contributed by atoms with Gasteiger partial charge in [0, 0.05) is 18.2 Å². The molecule has 0 bridgehead atoms. The van der Waals surface area contributed by atoms with E-state index in [2.05, 4.69) is 46.7 Å². The third-order valence-corrected chi connectivity index (χ3v) is 5.61. The Bertz CT molecular complexity index is 1020. The minimum Gasteiger partial charge on any atom is -0.322 e. The maximum atomic E-state index is 11.3. The van der Waals surface area contributed by atoms with Gasteiger partial charge in [0.05, 0.1) is 11.0 Å². The molecule has 1 aliphatic heterocycles. The highest BCUT2D eigenvalue weighted by molar-refractivity contribution is 5.91. The average molecular weight is 374 g/mol. The summed E-state index contributed by atoms with van der Waals surface area (Å²) >= 11 is 0. The fourth-order valence-electron chi connectivity index (χ4n) is 4.20. The van der Waals surface area contributed by atoms with Crippen LogP contribution in [-0.2, 0) is 11.3 Å². The summed E-state index contributed by atoms with van der Waals surface area (Å²) in [5, 5.41) is 0. The van der Waals surface area contributed by atoms with Crippen molar-refractivity contribution in [3.63, 3.8) is 0 Å². The van der Waals surface area contributed by atoms with Crippen molar-refractivity contribution in [3.05, 3.63) is 60.2 Å². The van der Waals surface area contributed by atoms with Crippen molar-refractivity contribution < 1.29 is 4.79 Å². The highest BCUT2D eigenvalue weighted by Crippen LogP contribution is 2.28. The summed E-state index contributed by atoms with van der Waals surface area (Å²) in [7, 11) is 0. The molecule has 1 atom stereocenters. The van der Waals surface area contributed by atoms with Gasteiger partial charge in [0.25, 0.3) is 0 Å². The van der Waals surface area contributed by atoms with Gasteiger partial charge in [-0.15, -0.1) is 0 Å². The van der Waals surface area contributed by atoms with Crippen molar-refractivity contribution in [1.82, 2.24) is 14.5 Å². The number of aromatic nitrogens is 2. The van der Waals surface area contributed by atoms with Crippen LogP contribution in [0.5, 0.6) is 0 Å². The zero-order chi connectivity index (χ0) is 19.5. The second-order valence-corrected chi connectivity index (χ2v) is 7.53. The van der Waals surface area contributed by atoms with Gasteiger partial charge >= 0.3 is 0 Å². The largest absolute Gasteiger partial charge is 0.322 e. The van der Waals surface area contributed by atoms with Crippen LogP contribution < -0.4 is 0 Å². The van der Waals surface area contributed by atoms with Gasteiger partial charge in [0.2, 0.25) is 0 Å². The third-order valence-electron chi connectivity index (χ3n) is 5.61. The van der Waals surface area contributed by atoms with Gasteiger partial charge in [-0.05, 0) is 62.7 Å². The molecule has 0 spiro atoms. The van der Waals surface area contributed by atoms with Crippen molar-refractivity contribution in [2.45, 2.75) is 39.3 Å². The maximum Gasteiger partial charge on any atom is 0.152 e. The number of para-hydroxylation sites is 2. The standard InChI is InChI=1S/C24H27N3O/c1-3-26-15-7-10-21(26)17-27-23-12-5-4-11-22(23)25-24(27)20-9-6-8-19(16-20)14-13-18(2)28/h4-6,8-9,11-14,16,21H,3,7,10,15,17H2,1-2H3/b14-13+. The number of likely N-dealkylation sites (N-methyl/N-ethyl adjacent to an activating group) is 1. The van der Waals surface area contributed by atoms with Crippen molar-refractivity contribution in [2.75, 3.05) is 13.1 Å². The Hall–Kier alpha value is -2.72. The Kier molecular flexibility index (Phi) is 5.40. The molecule has 3 aromatic rings. The smallest absolute Gasteiger partial charge is 0.152 e. The summed E-state index contributed by atoms with van der Waals surface area (Å²) in [6, 6.07) is 17.2. The van der Waals surface area contributed by atoms with E-state index in [0.29, 0.717) is 6.04 Å². The molecule has 1 saturated heterocycles. The molecular weight excluding hydrogens is 346 g/mol. The van der Waals surface area contributed by atoms with E-state index in [4.69, 9.17) is 4.98 Å². The Balaban J connectivity index is 1.77. The van der Waals surface area contributed by atoms with Crippen molar-refractivity contribution in [1.29, 1.82) is 0 Å². The van der Waals surface area contributed by atoms with Crippen LogP contribution in [-0.4, -0.2) is 39.4 Å². The number of hydrogen-bond acceptors (Lipinski definition) is 3. The first-order chi connectivity index (χ1) is 13.7. The first-order valence-electron chi connectivity index (χ1n) is 10.1. The topological polar surface area (TPSA) is 38.1 Å². The van der Waals surface area contributed by atoms with E-state index >= 15 is 0 Å². The van der Waals surface area contributed by atoms with Crippen LogP contribution in [0.3, 0.4) is 0 Å². The summed E-state index contributed by atoms with van der Waals surface area (Å²) in [5.41, 5.74) is 4.32. The quantitative estimate of drug-likeness (QED) is 0.583. The van der Waals surface area contributed by atoms with Crippen LogP contribution in [0.1, 0.15) is 32.3 Å². The predicted molar refractivity (Wildman–Crippen MR) is 115 cm³/mol. The lowest BCUT2D eigenvalue weighted by atomic mass is 10.1. The summed E-state index contributed by atoms with van der Waals surface area (Å²) in [6.45, 7) is 7.06. The normalized spacial score (nSPS) is 17.7. The van der Waals surface area contributed by atoms with Gasteiger partial charge in [0.15, 0.2) is 5.78 Å². The van der Waals surface area contributed by atoms with Crippen LogP contribution in [0.4, 0.5) is 0 Å². The minimum atomic E-state index is 0.0542. The first-order valence-corrected chi connectivity index (χ1v) is 10.1. The lowest BCUT2D eigenvalue weighted by Gasteiger charge is -2.24. The second kappa shape index (κ2) is 8.11. The molecule has 0 aliphatic carbocycles.